The molecule has 0 aliphatic carbocycles. The fourth-order valence-electron chi connectivity index (χ4n) is 3.17. The first-order valence-electron chi connectivity index (χ1n) is 7.60. The van der Waals surface area contributed by atoms with Crippen LogP contribution in [0.5, 0.6) is 0 Å². The molecule has 1 aliphatic rings. The maximum Gasteiger partial charge on any atom is 0.117 e. The maximum atomic E-state index is 5.71. The first kappa shape index (κ1) is 15.0. The summed E-state index contributed by atoms with van der Waals surface area (Å²) in [6, 6.07) is 7.06. The van der Waals surface area contributed by atoms with E-state index in [0.717, 1.165) is 35.6 Å². The van der Waals surface area contributed by atoms with Gasteiger partial charge < -0.3 is 14.6 Å². The number of benzene rings is 1. The van der Waals surface area contributed by atoms with Crippen molar-refractivity contribution in [3.05, 3.63) is 28.5 Å². The van der Waals surface area contributed by atoms with Crippen LogP contribution in [-0.4, -0.2) is 35.4 Å². The van der Waals surface area contributed by atoms with Gasteiger partial charge in [-0.05, 0) is 38.6 Å². The summed E-state index contributed by atoms with van der Waals surface area (Å²) in [6.07, 6.45) is 0. The Morgan fingerprint density at radius 1 is 1.43 bits per heavy atom. The minimum Gasteiger partial charge on any atom is -0.379 e. The zero-order chi connectivity index (χ0) is 15.0. The maximum absolute atomic E-state index is 5.71. The molecule has 114 valence electrons. The highest BCUT2D eigenvalue weighted by molar-refractivity contribution is 9.10. The number of nitrogens with zero attached hydrogens (tertiary/aromatic N) is 2. The van der Waals surface area contributed by atoms with Crippen LogP contribution in [0.2, 0.25) is 0 Å². The molecule has 1 aromatic heterocycles. The largest absolute Gasteiger partial charge is 0.379 e. The van der Waals surface area contributed by atoms with Crippen LogP contribution in [0.25, 0.3) is 11.0 Å². The molecule has 2 aromatic rings. The molecule has 4 nitrogen and oxygen atoms in total. The number of hydrogen-bond acceptors (Lipinski definition) is 3. The number of fused-ring (bicyclic) bond motifs is 1. The summed E-state index contributed by atoms with van der Waals surface area (Å²) in [6.45, 7) is 9.03. The number of imidazole rings is 1. The van der Waals surface area contributed by atoms with Crippen molar-refractivity contribution < 1.29 is 4.74 Å². The Morgan fingerprint density at radius 3 is 2.95 bits per heavy atom. The third-order valence-electron chi connectivity index (χ3n) is 4.07. The molecule has 5 heteroatoms. The predicted molar refractivity (Wildman–Crippen MR) is 88.8 cm³/mol. The second-order valence-electron chi connectivity index (χ2n) is 5.87. The smallest absolute Gasteiger partial charge is 0.117 e. The summed E-state index contributed by atoms with van der Waals surface area (Å²) in [7, 11) is 0. The van der Waals surface area contributed by atoms with E-state index in [1.54, 1.807) is 0 Å². The van der Waals surface area contributed by atoms with Gasteiger partial charge in [-0.25, -0.2) is 4.98 Å². The number of ether oxygens (including phenoxy) is 1. The molecule has 0 radical (unpaired) electrons. The molecule has 0 spiro atoms. The van der Waals surface area contributed by atoms with Crippen molar-refractivity contribution in [2.75, 3.05) is 19.8 Å². The molecule has 2 unspecified atom stereocenters. The van der Waals surface area contributed by atoms with Gasteiger partial charge in [-0.3, -0.25) is 0 Å². The van der Waals surface area contributed by atoms with Crippen LogP contribution >= 0.6 is 15.9 Å². The monoisotopic (exact) mass is 351 g/mol. The van der Waals surface area contributed by atoms with Gasteiger partial charge in [0.1, 0.15) is 5.82 Å². The van der Waals surface area contributed by atoms with Gasteiger partial charge >= 0.3 is 0 Å². The van der Waals surface area contributed by atoms with Crippen LogP contribution in [0, 0.1) is 0 Å². The minimum atomic E-state index is 0.318. The van der Waals surface area contributed by atoms with E-state index in [9.17, 15) is 0 Å². The molecule has 1 aromatic carbocycles. The minimum absolute atomic E-state index is 0.318. The fourth-order valence-corrected chi connectivity index (χ4v) is 3.52. The lowest BCUT2D eigenvalue weighted by molar-refractivity contribution is 0.187. The van der Waals surface area contributed by atoms with Crippen molar-refractivity contribution in [1.29, 1.82) is 0 Å². The van der Waals surface area contributed by atoms with E-state index in [1.807, 2.05) is 0 Å². The van der Waals surface area contributed by atoms with E-state index in [2.05, 4.69) is 64.8 Å². The van der Waals surface area contributed by atoms with Crippen LogP contribution in [0.1, 0.15) is 38.6 Å². The number of aromatic nitrogens is 2. The third kappa shape index (κ3) is 2.74. The number of rotatable bonds is 4. The summed E-state index contributed by atoms with van der Waals surface area (Å²) in [5.74, 6) is 1.46. The van der Waals surface area contributed by atoms with Gasteiger partial charge in [0.2, 0.25) is 0 Å². The average molecular weight is 352 g/mol. The average Bonchev–Trinajstić information content (AvgIpc) is 3.01. The number of nitrogens with one attached hydrogen (secondary N) is 1. The predicted octanol–water partition coefficient (Wildman–Crippen LogP) is 3.47. The van der Waals surface area contributed by atoms with Gasteiger partial charge in [-0.15, -0.1) is 0 Å². The molecule has 3 rings (SSSR count). The van der Waals surface area contributed by atoms with Crippen molar-refractivity contribution in [3.63, 3.8) is 0 Å². The number of halogens is 1. The Kier molecular flexibility index (Phi) is 4.33. The van der Waals surface area contributed by atoms with Crippen LogP contribution in [-0.2, 0) is 4.74 Å². The Bertz CT molecular complexity index is 638. The van der Waals surface area contributed by atoms with Crippen molar-refractivity contribution in [1.82, 2.24) is 14.9 Å². The number of hydrogen-bond donors (Lipinski definition) is 1. The Labute approximate surface area is 134 Å². The molecule has 2 atom stereocenters. The standard InChI is InChI=1S/C16H22BrN3O/c1-4-18-14-9-21-8-12(14)16-19-13-7-11(17)5-6-15(13)20(16)10(2)3/h5-7,10,12,14,18H,4,8-9H2,1-3H3. The van der Waals surface area contributed by atoms with Crippen LogP contribution in [0.4, 0.5) is 0 Å². The summed E-state index contributed by atoms with van der Waals surface area (Å²) >= 11 is 3.54. The normalized spacial score (nSPS) is 22.5. The zero-order valence-corrected chi connectivity index (χ0v) is 14.4. The Morgan fingerprint density at radius 2 is 2.24 bits per heavy atom. The molecule has 0 bridgehead atoms. The van der Waals surface area contributed by atoms with Crippen LogP contribution in [0.3, 0.4) is 0 Å². The molecule has 0 saturated carbocycles. The molecular weight excluding hydrogens is 330 g/mol. The molecule has 1 saturated heterocycles. The van der Waals surface area contributed by atoms with Gasteiger partial charge in [0.25, 0.3) is 0 Å². The highest BCUT2D eigenvalue weighted by Gasteiger charge is 2.33. The molecule has 0 amide bonds. The second-order valence-corrected chi connectivity index (χ2v) is 6.79. The fraction of sp³-hybridized carbons (Fsp3) is 0.562. The highest BCUT2D eigenvalue weighted by Crippen LogP contribution is 2.32. The van der Waals surface area contributed by atoms with Crippen molar-refractivity contribution >= 4 is 27.0 Å². The van der Waals surface area contributed by atoms with Gasteiger partial charge in [0, 0.05) is 16.6 Å². The second kappa shape index (κ2) is 6.07. The lowest BCUT2D eigenvalue weighted by atomic mass is 10.0. The molecule has 1 aliphatic heterocycles. The lowest BCUT2D eigenvalue weighted by Gasteiger charge is -2.21. The van der Waals surface area contributed by atoms with E-state index in [0.29, 0.717) is 18.0 Å². The molecule has 2 heterocycles. The van der Waals surface area contributed by atoms with E-state index >= 15 is 0 Å². The van der Waals surface area contributed by atoms with E-state index in [-0.39, 0.29) is 0 Å². The highest BCUT2D eigenvalue weighted by atomic mass is 79.9. The van der Waals surface area contributed by atoms with Crippen molar-refractivity contribution in [2.45, 2.75) is 38.8 Å². The lowest BCUT2D eigenvalue weighted by Crippen LogP contribution is -2.35. The quantitative estimate of drug-likeness (QED) is 0.916. The molecule has 1 fully saturated rings. The van der Waals surface area contributed by atoms with E-state index in [4.69, 9.17) is 9.72 Å². The van der Waals surface area contributed by atoms with Crippen LogP contribution in [0.15, 0.2) is 22.7 Å². The van der Waals surface area contributed by atoms with Gasteiger partial charge in [-0.1, -0.05) is 22.9 Å². The third-order valence-corrected chi connectivity index (χ3v) is 4.57. The topological polar surface area (TPSA) is 39.1 Å². The van der Waals surface area contributed by atoms with E-state index in [1.165, 1.54) is 5.52 Å². The zero-order valence-electron chi connectivity index (χ0n) is 12.8. The summed E-state index contributed by atoms with van der Waals surface area (Å²) in [5.41, 5.74) is 2.25. The summed E-state index contributed by atoms with van der Waals surface area (Å²) < 4.78 is 9.13. The Balaban J connectivity index is 2.10. The van der Waals surface area contributed by atoms with E-state index < -0.39 is 0 Å². The first-order chi connectivity index (χ1) is 10.1. The van der Waals surface area contributed by atoms with Gasteiger partial charge in [-0.2, -0.15) is 0 Å². The summed E-state index contributed by atoms with van der Waals surface area (Å²) in [5, 5.41) is 3.53. The van der Waals surface area contributed by atoms with Crippen molar-refractivity contribution in [3.8, 4) is 0 Å². The molecule has 21 heavy (non-hydrogen) atoms. The van der Waals surface area contributed by atoms with Gasteiger partial charge in [0.15, 0.2) is 0 Å². The Hall–Kier alpha value is -0.910. The van der Waals surface area contributed by atoms with Gasteiger partial charge in [0.05, 0.1) is 30.2 Å². The molecular formula is C16H22BrN3O. The van der Waals surface area contributed by atoms with Crippen molar-refractivity contribution in [2.24, 2.45) is 0 Å². The first-order valence-corrected chi connectivity index (χ1v) is 8.39. The number of likely N-dealkylation sites (N-methyl/N-ethyl adjacent to an activating group) is 1. The SMILES string of the molecule is CCNC1COCC1c1nc2cc(Br)ccc2n1C(C)C. The van der Waals surface area contributed by atoms with Crippen LogP contribution < -0.4 is 5.32 Å². The summed E-state index contributed by atoms with van der Waals surface area (Å²) in [4.78, 5) is 4.92. The molecule has 1 N–H and O–H groups in total.